The summed E-state index contributed by atoms with van der Waals surface area (Å²) in [6.45, 7) is 3.68. The third kappa shape index (κ3) is 2.15. The number of hydrogen-bond acceptors (Lipinski definition) is 3. The molecule has 0 unspecified atom stereocenters. The summed E-state index contributed by atoms with van der Waals surface area (Å²) in [4.78, 5) is 17.1. The molecule has 2 rings (SSSR count). The van der Waals surface area contributed by atoms with Crippen molar-refractivity contribution < 1.29 is 9.90 Å². The molecule has 0 saturated carbocycles. The lowest BCUT2D eigenvalue weighted by Gasteiger charge is -2.32. The lowest BCUT2D eigenvalue weighted by molar-refractivity contribution is -0.142. The van der Waals surface area contributed by atoms with Gasteiger partial charge in [0.05, 0.1) is 5.92 Å². The molecule has 0 bridgehead atoms. The van der Waals surface area contributed by atoms with E-state index in [0.29, 0.717) is 0 Å². The van der Waals surface area contributed by atoms with Crippen LogP contribution in [0.25, 0.3) is 0 Å². The number of nitrogens with zero attached hydrogens (tertiary/aromatic N) is 2. The molecule has 1 aliphatic rings. The molecular formula is C12H16N2O2. The summed E-state index contributed by atoms with van der Waals surface area (Å²) in [6.07, 6.45) is 5.10. The molecule has 1 aromatic heterocycles. The summed E-state index contributed by atoms with van der Waals surface area (Å²) >= 11 is 0. The van der Waals surface area contributed by atoms with E-state index in [4.69, 9.17) is 5.11 Å². The van der Waals surface area contributed by atoms with Gasteiger partial charge in [-0.1, -0.05) is 0 Å². The standard InChI is InChI=1S/C12H16N2O2/c1-9-8-13-5-2-11(9)14-6-3-10(4-7-14)12(15)16/h2,5,8,10H,3-4,6-7H2,1H3,(H,15,16). The SMILES string of the molecule is Cc1cnccc1N1CCC(C(=O)O)CC1. The minimum atomic E-state index is -0.661. The number of anilines is 1. The Bertz CT molecular complexity index is 384. The van der Waals surface area contributed by atoms with Gasteiger partial charge in [0, 0.05) is 31.2 Å². The van der Waals surface area contributed by atoms with Crippen molar-refractivity contribution in [3.8, 4) is 0 Å². The van der Waals surface area contributed by atoms with Crippen LogP contribution in [0, 0.1) is 12.8 Å². The molecule has 0 spiro atoms. The lowest BCUT2D eigenvalue weighted by atomic mass is 9.96. The number of hydrogen-bond donors (Lipinski definition) is 1. The molecule has 0 amide bonds. The first kappa shape index (κ1) is 10.9. The fourth-order valence-electron chi connectivity index (χ4n) is 2.19. The van der Waals surface area contributed by atoms with Gasteiger partial charge in [0.15, 0.2) is 0 Å². The van der Waals surface area contributed by atoms with E-state index in [-0.39, 0.29) is 5.92 Å². The van der Waals surface area contributed by atoms with Crippen molar-refractivity contribution in [2.75, 3.05) is 18.0 Å². The Morgan fingerprint density at radius 1 is 1.50 bits per heavy atom. The van der Waals surface area contributed by atoms with Crippen LogP contribution in [0.1, 0.15) is 18.4 Å². The molecule has 1 aliphatic heterocycles. The quantitative estimate of drug-likeness (QED) is 0.824. The van der Waals surface area contributed by atoms with Crippen LogP contribution >= 0.6 is 0 Å². The van der Waals surface area contributed by atoms with E-state index >= 15 is 0 Å². The number of aliphatic carboxylic acids is 1. The van der Waals surface area contributed by atoms with Crippen LogP contribution < -0.4 is 4.90 Å². The molecule has 4 heteroatoms. The second kappa shape index (κ2) is 4.51. The van der Waals surface area contributed by atoms with Gasteiger partial charge >= 0.3 is 5.97 Å². The predicted octanol–water partition coefficient (Wildman–Crippen LogP) is 1.69. The zero-order valence-corrected chi connectivity index (χ0v) is 9.39. The van der Waals surface area contributed by atoms with Crippen LogP contribution in [0.5, 0.6) is 0 Å². The number of carboxylic acid groups (broad SMARTS) is 1. The molecule has 1 fully saturated rings. The third-order valence-electron chi connectivity index (χ3n) is 3.18. The Morgan fingerprint density at radius 3 is 2.75 bits per heavy atom. The summed E-state index contributed by atoms with van der Waals surface area (Å²) in [7, 11) is 0. The summed E-state index contributed by atoms with van der Waals surface area (Å²) in [6, 6.07) is 2.00. The van der Waals surface area contributed by atoms with E-state index in [1.807, 2.05) is 19.2 Å². The van der Waals surface area contributed by atoms with E-state index in [0.717, 1.165) is 31.5 Å². The van der Waals surface area contributed by atoms with Crippen molar-refractivity contribution in [3.05, 3.63) is 24.0 Å². The Labute approximate surface area is 94.9 Å². The molecule has 0 aromatic carbocycles. The number of pyridine rings is 1. The zero-order chi connectivity index (χ0) is 11.5. The number of aromatic nitrogens is 1. The van der Waals surface area contributed by atoms with Crippen molar-refractivity contribution in [2.24, 2.45) is 5.92 Å². The van der Waals surface area contributed by atoms with Crippen LogP contribution in [-0.2, 0) is 4.79 Å². The largest absolute Gasteiger partial charge is 0.481 e. The molecule has 86 valence electrons. The Hall–Kier alpha value is -1.58. The highest BCUT2D eigenvalue weighted by atomic mass is 16.4. The van der Waals surface area contributed by atoms with Crippen LogP contribution in [-0.4, -0.2) is 29.1 Å². The Kier molecular flexibility index (Phi) is 3.08. The van der Waals surface area contributed by atoms with E-state index in [1.54, 1.807) is 6.20 Å². The average Bonchev–Trinajstić information content (AvgIpc) is 2.30. The smallest absolute Gasteiger partial charge is 0.306 e. The maximum absolute atomic E-state index is 10.8. The molecule has 0 radical (unpaired) electrons. The first-order valence-corrected chi connectivity index (χ1v) is 5.57. The zero-order valence-electron chi connectivity index (χ0n) is 9.39. The van der Waals surface area contributed by atoms with Crippen molar-refractivity contribution in [1.29, 1.82) is 0 Å². The average molecular weight is 220 g/mol. The van der Waals surface area contributed by atoms with E-state index in [1.165, 1.54) is 5.69 Å². The Morgan fingerprint density at radius 2 is 2.19 bits per heavy atom. The van der Waals surface area contributed by atoms with Crippen LogP contribution in [0.2, 0.25) is 0 Å². The molecule has 1 saturated heterocycles. The first-order chi connectivity index (χ1) is 7.68. The normalized spacial score (nSPS) is 17.4. The van der Waals surface area contributed by atoms with E-state index in [9.17, 15) is 4.79 Å². The maximum Gasteiger partial charge on any atom is 0.306 e. The van der Waals surface area contributed by atoms with Gasteiger partial charge in [-0.15, -0.1) is 0 Å². The number of carbonyl (C=O) groups is 1. The van der Waals surface area contributed by atoms with Crippen LogP contribution in [0.15, 0.2) is 18.5 Å². The lowest BCUT2D eigenvalue weighted by Crippen LogP contribution is -2.36. The minimum Gasteiger partial charge on any atom is -0.481 e. The van der Waals surface area contributed by atoms with Gasteiger partial charge in [0.25, 0.3) is 0 Å². The minimum absolute atomic E-state index is 0.168. The molecular weight excluding hydrogens is 204 g/mol. The molecule has 1 N–H and O–H groups in total. The van der Waals surface area contributed by atoms with Gasteiger partial charge in [-0.2, -0.15) is 0 Å². The van der Waals surface area contributed by atoms with Crippen LogP contribution in [0.4, 0.5) is 5.69 Å². The van der Waals surface area contributed by atoms with Gasteiger partial charge in [-0.3, -0.25) is 9.78 Å². The highest BCUT2D eigenvalue weighted by Gasteiger charge is 2.24. The van der Waals surface area contributed by atoms with Gasteiger partial charge in [-0.25, -0.2) is 0 Å². The number of rotatable bonds is 2. The fraction of sp³-hybridized carbons (Fsp3) is 0.500. The summed E-state index contributed by atoms with van der Waals surface area (Å²) in [5.41, 5.74) is 2.33. The van der Waals surface area contributed by atoms with Crippen molar-refractivity contribution in [3.63, 3.8) is 0 Å². The van der Waals surface area contributed by atoms with Gasteiger partial charge in [0.2, 0.25) is 0 Å². The molecule has 0 atom stereocenters. The Balaban J connectivity index is 2.05. The van der Waals surface area contributed by atoms with Crippen molar-refractivity contribution >= 4 is 11.7 Å². The van der Waals surface area contributed by atoms with Gasteiger partial charge < -0.3 is 10.0 Å². The molecule has 1 aromatic rings. The summed E-state index contributed by atoms with van der Waals surface area (Å²) in [5, 5.41) is 8.92. The predicted molar refractivity (Wildman–Crippen MR) is 61.5 cm³/mol. The third-order valence-corrected chi connectivity index (χ3v) is 3.18. The van der Waals surface area contributed by atoms with E-state index in [2.05, 4.69) is 9.88 Å². The summed E-state index contributed by atoms with van der Waals surface area (Å²) < 4.78 is 0. The van der Waals surface area contributed by atoms with Crippen molar-refractivity contribution in [1.82, 2.24) is 4.98 Å². The molecule has 2 heterocycles. The van der Waals surface area contributed by atoms with Crippen LogP contribution in [0.3, 0.4) is 0 Å². The maximum atomic E-state index is 10.8. The molecule has 16 heavy (non-hydrogen) atoms. The van der Waals surface area contributed by atoms with E-state index < -0.39 is 5.97 Å². The monoisotopic (exact) mass is 220 g/mol. The first-order valence-electron chi connectivity index (χ1n) is 5.57. The number of aryl methyl sites for hydroxylation is 1. The van der Waals surface area contributed by atoms with Gasteiger partial charge in [0.1, 0.15) is 0 Å². The highest BCUT2D eigenvalue weighted by molar-refractivity contribution is 5.70. The second-order valence-corrected chi connectivity index (χ2v) is 4.26. The highest BCUT2D eigenvalue weighted by Crippen LogP contribution is 2.25. The number of piperidine rings is 1. The fourth-order valence-corrected chi connectivity index (χ4v) is 2.19. The molecule has 0 aliphatic carbocycles. The second-order valence-electron chi connectivity index (χ2n) is 4.26. The number of carboxylic acids is 1. The van der Waals surface area contributed by atoms with Gasteiger partial charge in [-0.05, 0) is 31.4 Å². The molecule has 4 nitrogen and oxygen atoms in total. The summed E-state index contributed by atoms with van der Waals surface area (Å²) in [5.74, 6) is -0.829. The van der Waals surface area contributed by atoms with Crippen molar-refractivity contribution in [2.45, 2.75) is 19.8 Å². The topological polar surface area (TPSA) is 53.4 Å².